The summed E-state index contributed by atoms with van der Waals surface area (Å²) in [7, 11) is -2.26. The van der Waals surface area contributed by atoms with Gasteiger partial charge in [0.05, 0.1) is 16.1 Å². The molecule has 1 aliphatic rings. The molecule has 0 atom stereocenters. The standard InChI is InChI=1S/C21H27N3O3S/c1-23(28(26,27)18-10-3-2-4-11-18)20-13-6-5-12-19(20)21(25)22-14-9-17-24-15-7-8-16-24/h2-6,10-13H,7-9,14-17H2,1H3,(H,22,25). The Hall–Kier alpha value is -2.38. The molecule has 150 valence electrons. The van der Waals surface area contributed by atoms with Crippen molar-refractivity contribution in [3.63, 3.8) is 0 Å². The Morgan fingerprint density at radius 3 is 2.39 bits per heavy atom. The number of nitrogens with one attached hydrogen (secondary N) is 1. The van der Waals surface area contributed by atoms with Gasteiger partial charge in [-0.1, -0.05) is 30.3 Å². The van der Waals surface area contributed by atoms with Crippen LogP contribution in [0.1, 0.15) is 29.6 Å². The molecule has 2 aromatic rings. The molecule has 1 fully saturated rings. The van der Waals surface area contributed by atoms with Crippen molar-refractivity contribution < 1.29 is 13.2 Å². The topological polar surface area (TPSA) is 69.7 Å². The van der Waals surface area contributed by atoms with Gasteiger partial charge in [0, 0.05) is 13.6 Å². The number of carbonyl (C=O) groups excluding carboxylic acids is 1. The van der Waals surface area contributed by atoms with Crippen molar-refractivity contribution in [2.24, 2.45) is 0 Å². The van der Waals surface area contributed by atoms with Gasteiger partial charge in [-0.25, -0.2) is 8.42 Å². The monoisotopic (exact) mass is 401 g/mol. The van der Waals surface area contributed by atoms with Gasteiger partial charge in [-0.05, 0) is 63.2 Å². The van der Waals surface area contributed by atoms with Crippen LogP contribution in [0.2, 0.25) is 0 Å². The van der Waals surface area contributed by atoms with Crippen molar-refractivity contribution >= 4 is 21.6 Å². The lowest BCUT2D eigenvalue weighted by molar-refractivity contribution is 0.0952. The highest BCUT2D eigenvalue weighted by molar-refractivity contribution is 7.92. The van der Waals surface area contributed by atoms with E-state index in [0.29, 0.717) is 17.8 Å². The Morgan fingerprint density at radius 1 is 1.04 bits per heavy atom. The zero-order valence-corrected chi connectivity index (χ0v) is 17.0. The van der Waals surface area contributed by atoms with Gasteiger partial charge in [0.25, 0.3) is 15.9 Å². The largest absolute Gasteiger partial charge is 0.352 e. The highest BCUT2D eigenvalue weighted by atomic mass is 32.2. The fourth-order valence-electron chi connectivity index (χ4n) is 3.43. The van der Waals surface area contributed by atoms with Crippen LogP contribution in [0.4, 0.5) is 5.69 Å². The van der Waals surface area contributed by atoms with Gasteiger partial charge in [-0.15, -0.1) is 0 Å². The van der Waals surface area contributed by atoms with Crippen molar-refractivity contribution in [1.29, 1.82) is 0 Å². The maximum Gasteiger partial charge on any atom is 0.264 e. The van der Waals surface area contributed by atoms with Gasteiger partial charge in [-0.2, -0.15) is 0 Å². The first-order valence-electron chi connectivity index (χ1n) is 9.64. The minimum atomic E-state index is -3.74. The van der Waals surface area contributed by atoms with Crippen LogP contribution < -0.4 is 9.62 Å². The fraction of sp³-hybridized carbons (Fsp3) is 0.381. The molecule has 0 spiro atoms. The number of hydrogen-bond acceptors (Lipinski definition) is 4. The summed E-state index contributed by atoms with van der Waals surface area (Å²) in [4.78, 5) is 15.3. The van der Waals surface area contributed by atoms with E-state index < -0.39 is 10.0 Å². The molecule has 3 rings (SSSR count). The lowest BCUT2D eigenvalue weighted by atomic mass is 10.1. The second kappa shape index (κ2) is 9.21. The Bertz CT molecular complexity index is 894. The van der Waals surface area contributed by atoms with Crippen LogP contribution in [0.25, 0.3) is 0 Å². The molecule has 1 amide bonds. The number of amides is 1. The van der Waals surface area contributed by atoms with Crippen molar-refractivity contribution in [3.8, 4) is 0 Å². The predicted octanol–water partition coefficient (Wildman–Crippen LogP) is 2.73. The Labute approximate surface area is 167 Å². The number of likely N-dealkylation sites (tertiary alicyclic amines) is 1. The third-order valence-corrected chi connectivity index (χ3v) is 6.81. The second-order valence-corrected chi connectivity index (χ2v) is 8.93. The van der Waals surface area contributed by atoms with Crippen LogP contribution in [0, 0.1) is 0 Å². The van der Waals surface area contributed by atoms with Crippen LogP contribution in [0.5, 0.6) is 0 Å². The molecule has 0 aliphatic carbocycles. The minimum Gasteiger partial charge on any atom is -0.352 e. The third-order valence-electron chi connectivity index (χ3n) is 5.02. The first kappa shape index (κ1) is 20.4. The van der Waals surface area contributed by atoms with E-state index in [1.807, 2.05) is 0 Å². The number of benzene rings is 2. The van der Waals surface area contributed by atoms with Crippen molar-refractivity contribution in [3.05, 3.63) is 60.2 Å². The lowest BCUT2D eigenvalue weighted by Gasteiger charge is -2.22. The molecule has 28 heavy (non-hydrogen) atoms. The third kappa shape index (κ3) is 4.72. The molecule has 0 bridgehead atoms. The summed E-state index contributed by atoms with van der Waals surface area (Å²) in [6.45, 7) is 3.82. The summed E-state index contributed by atoms with van der Waals surface area (Å²) in [5.41, 5.74) is 0.717. The molecule has 1 saturated heterocycles. The summed E-state index contributed by atoms with van der Waals surface area (Å²) in [6.07, 6.45) is 3.38. The van der Waals surface area contributed by atoms with Gasteiger partial charge in [0.1, 0.15) is 0 Å². The Balaban J connectivity index is 1.68. The molecule has 7 heteroatoms. The number of rotatable bonds is 8. The first-order valence-corrected chi connectivity index (χ1v) is 11.1. The van der Waals surface area contributed by atoms with Crippen molar-refractivity contribution in [1.82, 2.24) is 10.2 Å². The van der Waals surface area contributed by atoms with E-state index in [-0.39, 0.29) is 10.8 Å². The molecule has 6 nitrogen and oxygen atoms in total. The maximum atomic E-state index is 12.9. The van der Waals surface area contributed by atoms with Gasteiger partial charge < -0.3 is 10.2 Å². The fourth-order valence-corrected chi connectivity index (χ4v) is 4.66. The maximum absolute atomic E-state index is 12.9. The number of hydrogen-bond donors (Lipinski definition) is 1. The molecule has 0 radical (unpaired) electrons. The number of carbonyl (C=O) groups is 1. The molecular weight excluding hydrogens is 374 g/mol. The van der Waals surface area contributed by atoms with E-state index >= 15 is 0 Å². The number of sulfonamides is 1. The predicted molar refractivity (Wildman–Crippen MR) is 111 cm³/mol. The highest BCUT2D eigenvalue weighted by Gasteiger charge is 2.24. The molecule has 1 N–H and O–H groups in total. The lowest BCUT2D eigenvalue weighted by Crippen LogP contribution is -2.32. The average Bonchev–Trinajstić information content (AvgIpc) is 3.24. The average molecular weight is 402 g/mol. The Morgan fingerprint density at radius 2 is 1.68 bits per heavy atom. The van der Waals surface area contributed by atoms with Crippen LogP contribution in [0.15, 0.2) is 59.5 Å². The summed E-state index contributed by atoms with van der Waals surface area (Å²) >= 11 is 0. The van der Waals surface area contributed by atoms with E-state index in [9.17, 15) is 13.2 Å². The van der Waals surface area contributed by atoms with Crippen LogP contribution in [-0.2, 0) is 10.0 Å². The number of nitrogens with zero attached hydrogens (tertiary/aromatic N) is 2. The van der Waals surface area contributed by atoms with E-state index in [2.05, 4.69) is 10.2 Å². The minimum absolute atomic E-state index is 0.193. The first-order chi connectivity index (χ1) is 13.5. The van der Waals surface area contributed by atoms with Crippen LogP contribution >= 0.6 is 0 Å². The van der Waals surface area contributed by atoms with E-state index in [1.165, 1.54) is 24.2 Å². The summed E-state index contributed by atoms with van der Waals surface area (Å²) in [6, 6.07) is 15.0. The second-order valence-electron chi connectivity index (χ2n) is 6.96. The van der Waals surface area contributed by atoms with Crippen LogP contribution in [-0.4, -0.2) is 52.5 Å². The quantitative estimate of drug-likeness (QED) is 0.691. The molecule has 1 aliphatic heterocycles. The molecule has 0 saturated carbocycles. The zero-order chi connectivity index (χ0) is 20.0. The number of anilines is 1. The molecule has 0 aromatic heterocycles. The SMILES string of the molecule is CN(c1ccccc1C(=O)NCCCN1CCCC1)S(=O)(=O)c1ccccc1. The van der Waals surface area contributed by atoms with Gasteiger partial charge in [0.15, 0.2) is 0 Å². The molecule has 0 unspecified atom stereocenters. The van der Waals surface area contributed by atoms with Crippen molar-refractivity contribution in [2.75, 3.05) is 37.5 Å². The Kier molecular flexibility index (Phi) is 6.70. The van der Waals surface area contributed by atoms with Crippen LogP contribution in [0.3, 0.4) is 0 Å². The van der Waals surface area contributed by atoms with Gasteiger partial charge in [-0.3, -0.25) is 9.10 Å². The highest BCUT2D eigenvalue weighted by Crippen LogP contribution is 2.25. The van der Waals surface area contributed by atoms with E-state index in [0.717, 1.165) is 26.1 Å². The number of para-hydroxylation sites is 1. The summed E-state index contributed by atoms with van der Waals surface area (Å²) < 4.78 is 27.0. The van der Waals surface area contributed by atoms with Gasteiger partial charge in [0.2, 0.25) is 0 Å². The summed E-state index contributed by atoms with van der Waals surface area (Å²) in [5.74, 6) is -0.257. The smallest absolute Gasteiger partial charge is 0.264 e. The molecule has 1 heterocycles. The normalized spacial score (nSPS) is 14.8. The van der Waals surface area contributed by atoms with E-state index in [1.54, 1.807) is 54.6 Å². The zero-order valence-electron chi connectivity index (χ0n) is 16.2. The van der Waals surface area contributed by atoms with E-state index in [4.69, 9.17) is 0 Å². The molecular formula is C21H27N3O3S. The van der Waals surface area contributed by atoms with Crippen molar-refractivity contribution in [2.45, 2.75) is 24.2 Å². The summed E-state index contributed by atoms with van der Waals surface area (Å²) in [5, 5.41) is 2.92. The van der Waals surface area contributed by atoms with Gasteiger partial charge >= 0.3 is 0 Å². The molecule has 2 aromatic carbocycles.